The Morgan fingerprint density at radius 1 is 1.53 bits per heavy atom. The molecule has 0 saturated carbocycles. The van der Waals surface area contributed by atoms with E-state index >= 15 is 0 Å². The SMILES string of the molecule is CCN(C)C(=O)OCC(F)C(F)(F)S(=O)(=O)O. The molecule has 6 nitrogen and oxygen atoms in total. The molecule has 1 amide bonds. The Bertz CT molecular complexity index is 372. The van der Waals surface area contributed by atoms with Gasteiger partial charge >= 0.3 is 21.5 Å². The van der Waals surface area contributed by atoms with E-state index in [0.29, 0.717) is 0 Å². The molecule has 1 N–H and O–H groups in total. The predicted molar refractivity (Wildman–Crippen MR) is 51.0 cm³/mol. The minimum absolute atomic E-state index is 0.199. The second-order valence-electron chi connectivity index (χ2n) is 3.10. The first-order valence-corrected chi connectivity index (χ1v) is 5.84. The highest BCUT2D eigenvalue weighted by Gasteiger charge is 2.53. The predicted octanol–water partition coefficient (Wildman–Crippen LogP) is 0.893. The van der Waals surface area contributed by atoms with Gasteiger partial charge < -0.3 is 9.64 Å². The van der Waals surface area contributed by atoms with E-state index in [1.54, 1.807) is 6.92 Å². The van der Waals surface area contributed by atoms with Crippen molar-refractivity contribution in [3.05, 3.63) is 0 Å². The molecule has 0 aliphatic carbocycles. The zero-order valence-corrected chi connectivity index (χ0v) is 9.88. The van der Waals surface area contributed by atoms with E-state index < -0.39 is 34.2 Å². The zero-order valence-electron chi connectivity index (χ0n) is 9.06. The fourth-order valence-electron chi connectivity index (χ4n) is 0.642. The first kappa shape index (κ1) is 16.0. The van der Waals surface area contributed by atoms with E-state index in [2.05, 4.69) is 4.74 Å². The first-order chi connectivity index (χ1) is 7.54. The van der Waals surface area contributed by atoms with Crippen LogP contribution in [0.2, 0.25) is 0 Å². The van der Waals surface area contributed by atoms with Crippen LogP contribution < -0.4 is 0 Å². The van der Waals surface area contributed by atoms with E-state index in [4.69, 9.17) is 4.55 Å². The number of rotatable bonds is 5. The van der Waals surface area contributed by atoms with Gasteiger partial charge in [0.25, 0.3) is 0 Å². The van der Waals surface area contributed by atoms with E-state index in [9.17, 15) is 26.4 Å². The Labute approximate surface area is 96.1 Å². The molecule has 1 unspecified atom stereocenters. The van der Waals surface area contributed by atoms with Crippen molar-refractivity contribution in [3.63, 3.8) is 0 Å². The van der Waals surface area contributed by atoms with Gasteiger partial charge in [-0.05, 0) is 6.92 Å². The summed E-state index contributed by atoms with van der Waals surface area (Å²) in [5.74, 6) is 0. The fourth-order valence-corrected chi connectivity index (χ4v) is 1.03. The van der Waals surface area contributed by atoms with Gasteiger partial charge in [0.2, 0.25) is 6.17 Å². The lowest BCUT2D eigenvalue weighted by molar-refractivity contribution is -0.0335. The molecule has 0 saturated heterocycles. The van der Waals surface area contributed by atoms with Crippen molar-refractivity contribution in [1.29, 1.82) is 0 Å². The topological polar surface area (TPSA) is 83.9 Å². The number of alkyl halides is 3. The average Bonchev–Trinajstić information content (AvgIpc) is 2.22. The van der Waals surface area contributed by atoms with Gasteiger partial charge in [-0.1, -0.05) is 0 Å². The average molecular weight is 279 g/mol. The quantitative estimate of drug-likeness (QED) is 0.756. The summed E-state index contributed by atoms with van der Waals surface area (Å²) in [6, 6.07) is 0. The Kier molecular flexibility index (Phi) is 5.20. The van der Waals surface area contributed by atoms with Crippen molar-refractivity contribution in [2.45, 2.75) is 18.3 Å². The largest absolute Gasteiger partial charge is 0.446 e. The second kappa shape index (κ2) is 5.54. The van der Waals surface area contributed by atoms with Crippen LogP contribution in [0.15, 0.2) is 0 Å². The molecule has 0 radical (unpaired) electrons. The van der Waals surface area contributed by atoms with Crippen LogP contribution in [0.1, 0.15) is 6.92 Å². The van der Waals surface area contributed by atoms with Gasteiger partial charge in [-0.15, -0.1) is 0 Å². The Balaban J connectivity index is 4.48. The van der Waals surface area contributed by atoms with Crippen molar-refractivity contribution in [3.8, 4) is 0 Å². The maximum Gasteiger partial charge on any atom is 0.409 e. The summed E-state index contributed by atoms with van der Waals surface area (Å²) in [4.78, 5) is 11.9. The number of hydrogen-bond acceptors (Lipinski definition) is 4. The molecule has 0 fully saturated rings. The van der Waals surface area contributed by atoms with Crippen molar-refractivity contribution in [2.24, 2.45) is 0 Å². The minimum atomic E-state index is -5.89. The number of hydrogen-bond donors (Lipinski definition) is 1. The van der Waals surface area contributed by atoms with Gasteiger partial charge in [0.1, 0.15) is 6.61 Å². The fraction of sp³-hybridized carbons (Fsp3) is 0.857. The van der Waals surface area contributed by atoms with E-state index in [-0.39, 0.29) is 6.54 Å². The molecule has 0 aromatic rings. The van der Waals surface area contributed by atoms with Crippen LogP contribution in [0.4, 0.5) is 18.0 Å². The smallest absolute Gasteiger partial charge is 0.409 e. The van der Waals surface area contributed by atoms with Gasteiger partial charge in [0, 0.05) is 13.6 Å². The molecule has 0 rings (SSSR count). The van der Waals surface area contributed by atoms with Crippen molar-refractivity contribution in [2.75, 3.05) is 20.2 Å². The molecule has 10 heteroatoms. The summed E-state index contributed by atoms with van der Waals surface area (Å²) < 4.78 is 70.5. The van der Waals surface area contributed by atoms with E-state index in [0.717, 1.165) is 4.90 Å². The third kappa shape index (κ3) is 4.04. The van der Waals surface area contributed by atoms with Crippen LogP contribution >= 0.6 is 0 Å². The highest BCUT2D eigenvalue weighted by atomic mass is 32.2. The van der Waals surface area contributed by atoms with E-state index in [1.807, 2.05) is 0 Å². The molecule has 102 valence electrons. The van der Waals surface area contributed by atoms with Gasteiger partial charge in [-0.2, -0.15) is 17.2 Å². The molecular weight excluding hydrogens is 267 g/mol. The third-order valence-electron chi connectivity index (χ3n) is 1.85. The Morgan fingerprint density at radius 3 is 2.35 bits per heavy atom. The third-order valence-corrected chi connectivity index (χ3v) is 2.79. The Morgan fingerprint density at radius 2 is 2.00 bits per heavy atom. The molecule has 0 aliphatic heterocycles. The molecule has 0 bridgehead atoms. The van der Waals surface area contributed by atoms with Crippen LogP contribution in [-0.4, -0.2) is 55.6 Å². The maximum absolute atomic E-state index is 12.8. The summed E-state index contributed by atoms with van der Waals surface area (Å²) >= 11 is 0. The Hall–Kier alpha value is -1.03. The molecule has 0 heterocycles. The first-order valence-electron chi connectivity index (χ1n) is 4.40. The number of nitrogens with zero attached hydrogens (tertiary/aromatic N) is 1. The van der Waals surface area contributed by atoms with Crippen molar-refractivity contribution < 1.29 is 35.7 Å². The molecule has 1 atom stereocenters. The van der Waals surface area contributed by atoms with Crippen LogP contribution in [-0.2, 0) is 14.9 Å². The molecular formula is C7H12F3NO5S. The lowest BCUT2D eigenvalue weighted by atomic mass is 10.4. The molecule has 0 aliphatic rings. The summed E-state index contributed by atoms with van der Waals surface area (Å²) in [5.41, 5.74) is 0. The highest BCUT2D eigenvalue weighted by Crippen LogP contribution is 2.27. The van der Waals surface area contributed by atoms with Gasteiger partial charge in [0.05, 0.1) is 0 Å². The summed E-state index contributed by atoms with van der Waals surface area (Å²) in [6.45, 7) is 0.279. The minimum Gasteiger partial charge on any atom is -0.446 e. The monoisotopic (exact) mass is 279 g/mol. The zero-order chi connectivity index (χ0) is 13.9. The summed E-state index contributed by atoms with van der Waals surface area (Å²) in [5, 5.41) is -5.02. The molecule has 17 heavy (non-hydrogen) atoms. The number of carbonyl (C=O) groups is 1. The van der Waals surface area contributed by atoms with Crippen LogP contribution in [0.5, 0.6) is 0 Å². The van der Waals surface area contributed by atoms with Crippen molar-refractivity contribution >= 4 is 16.2 Å². The van der Waals surface area contributed by atoms with E-state index in [1.165, 1.54) is 7.05 Å². The molecule has 0 spiro atoms. The number of amides is 1. The number of ether oxygens (including phenoxy) is 1. The van der Waals surface area contributed by atoms with Crippen LogP contribution in [0.3, 0.4) is 0 Å². The lowest BCUT2D eigenvalue weighted by Gasteiger charge is -2.19. The number of carbonyl (C=O) groups excluding carboxylic acids is 1. The molecule has 0 aromatic carbocycles. The highest BCUT2D eigenvalue weighted by molar-refractivity contribution is 7.86. The summed E-state index contributed by atoms with van der Waals surface area (Å²) in [7, 11) is -4.61. The van der Waals surface area contributed by atoms with Gasteiger partial charge in [-0.3, -0.25) is 4.55 Å². The van der Waals surface area contributed by atoms with Gasteiger partial charge in [0.15, 0.2) is 0 Å². The summed E-state index contributed by atoms with van der Waals surface area (Å²) in [6.07, 6.45) is -4.42. The van der Waals surface area contributed by atoms with Crippen molar-refractivity contribution in [1.82, 2.24) is 4.90 Å². The van der Waals surface area contributed by atoms with Crippen LogP contribution in [0, 0.1) is 0 Å². The lowest BCUT2D eigenvalue weighted by Crippen LogP contribution is -2.42. The normalized spacial score (nSPS) is 14.2. The standard InChI is InChI=1S/C7H12F3NO5S/c1-3-11(2)6(12)16-4-5(8)7(9,10)17(13,14)15/h5H,3-4H2,1-2H3,(H,13,14,15). The maximum atomic E-state index is 12.8. The number of halogens is 3. The second-order valence-corrected chi connectivity index (χ2v) is 4.59. The van der Waals surface area contributed by atoms with Crippen LogP contribution in [0.25, 0.3) is 0 Å². The van der Waals surface area contributed by atoms with Gasteiger partial charge in [-0.25, -0.2) is 9.18 Å². The molecule has 0 aromatic heterocycles.